The van der Waals surface area contributed by atoms with Crippen molar-refractivity contribution in [2.24, 2.45) is 0 Å². The van der Waals surface area contributed by atoms with Crippen molar-refractivity contribution in [3.63, 3.8) is 0 Å². The van der Waals surface area contributed by atoms with Crippen LogP contribution >= 0.6 is 11.6 Å². The molecule has 6 nitrogen and oxygen atoms in total. The molecule has 1 amide bonds. The highest BCUT2D eigenvalue weighted by Crippen LogP contribution is 2.29. The summed E-state index contributed by atoms with van der Waals surface area (Å²) in [5, 5.41) is 3.17. The average molecular weight is 397 g/mol. The van der Waals surface area contributed by atoms with Gasteiger partial charge < -0.3 is 10.1 Å². The van der Waals surface area contributed by atoms with E-state index in [9.17, 15) is 13.2 Å². The molecular weight excluding hydrogens is 376 g/mol. The van der Waals surface area contributed by atoms with Crippen molar-refractivity contribution < 1.29 is 17.9 Å². The first-order chi connectivity index (χ1) is 12.3. The SMILES string of the molecule is COc1ccccc1N(CCCC(=O)Nc1ccccc1Cl)S(C)(=O)=O. The lowest BCUT2D eigenvalue weighted by Crippen LogP contribution is -2.31. The van der Waals surface area contributed by atoms with Gasteiger partial charge in [-0.3, -0.25) is 9.10 Å². The van der Waals surface area contributed by atoms with Gasteiger partial charge in [-0.05, 0) is 30.7 Å². The topological polar surface area (TPSA) is 75.7 Å². The van der Waals surface area contributed by atoms with Crippen LogP contribution in [0.1, 0.15) is 12.8 Å². The third-order valence-corrected chi connectivity index (χ3v) is 5.18. The molecule has 0 aliphatic carbocycles. The van der Waals surface area contributed by atoms with E-state index in [0.29, 0.717) is 28.6 Å². The second kappa shape index (κ2) is 8.91. The molecule has 8 heteroatoms. The van der Waals surface area contributed by atoms with Crippen molar-refractivity contribution in [3.8, 4) is 5.75 Å². The summed E-state index contributed by atoms with van der Waals surface area (Å²) in [7, 11) is -2.03. The molecule has 0 atom stereocenters. The molecule has 140 valence electrons. The maximum Gasteiger partial charge on any atom is 0.232 e. The molecule has 2 aromatic rings. The maximum absolute atomic E-state index is 12.2. The number of hydrogen-bond acceptors (Lipinski definition) is 4. The third kappa shape index (κ3) is 5.37. The van der Waals surface area contributed by atoms with Gasteiger partial charge in [0.1, 0.15) is 5.75 Å². The van der Waals surface area contributed by atoms with Crippen molar-refractivity contribution in [1.82, 2.24) is 0 Å². The Morgan fingerprint density at radius 2 is 1.81 bits per heavy atom. The van der Waals surface area contributed by atoms with E-state index in [1.165, 1.54) is 11.4 Å². The lowest BCUT2D eigenvalue weighted by atomic mass is 10.2. The Hall–Kier alpha value is -2.25. The van der Waals surface area contributed by atoms with Crippen molar-refractivity contribution in [3.05, 3.63) is 53.6 Å². The number of hydrogen-bond donors (Lipinski definition) is 1. The molecule has 0 saturated carbocycles. The zero-order valence-electron chi connectivity index (χ0n) is 14.6. The number of anilines is 2. The number of rotatable bonds is 8. The maximum atomic E-state index is 12.2. The Morgan fingerprint density at radius 3 is 2.46 bits per heavy atom. The summed E-state index contributed by atoms with van der Waals surface area (Å²) in [6.45, 7) is 0.162. The Labute approximate surface area is 158 Å². The summed E-state index contributed by atoms with van der Waals surface area (Å²) in [5.74, 6) is 0.227. The number of ether oxygens (including phenoxy) is 1. The van der Waals surface area contributed by atoms with Crippen LogP contribution in [0.3, 0.4) is 0 Å². The minimum atomic E-state index is -3.51. The minimum Gasteiger partial charge on any atom is -0.495 e. The van der Waals surface area contributed by atoms with E-state index in [4.69, 9.17) is 16.3 Å². The average Bonchev–Trinajstić information content (AvgIpc) is 2.60. The van der Waals surface area contributed by atoms with Gasteiger partial charge >= 0.3 is 0 Å². The smallest absolute Gasteiger partial charge is 0.232 e. The van der Waals surface area contributed by atoms with Crippen molar-refractivity contribution >= 4 is 38.9 Å². The number of benzene rings is 2. The van der Waals surface area contributed by atoms with Gasteiger partial charge in [0.2, 0.25) is 15.9 Å². The Morgan fingerprint density at radius 1 is 1.15 bits per heavy atom. The Balaban J connectivity index is 2.02. The van der Waals surface area contributed by atoms with Gasteiger partial charge in [0.25, 0.3) is 0 Å². The van der Waals surface area contributed by atoms with E-state index >= 15 is 0 Å². The summed E-state index contributed by atoms with van der Waals surface area (Å²) >= 11 is 6.01. The molecule has 0 radical (unpaired) electrons. The number of amides is 1. The highest BCUT2D eigenvalue weighted by atomic mass is 35.5. The van der Waals surface area contributed by atoms with Gasteiger partial charge in [-0.2, -0.15) is 0 Å². The van der Waals surface area contributed by atoms with Gasteiger partial charge in [-0.15, -0.1) is 0 Å². The highest BCUT2D eigenvalue weighted by molar-refractivity contribution is 7.92. The number of carbonyl (C=O) groups is 1. The van der Waals surface area contributed by atoms with Crippen LogP contribution < -0.4 is 14.4 Å². The molecule has 0 fully saturated rings. The summed E-state index contributed by atoms with van der Waals surface area (Å²) in [6, 6.07) is 13.8. The molecule has 0 saturated heterocycles. The predicted molar refractivity (Wildman–Crippen MR) is 104 cm³/mol. The molecule has 0 heterocycles. The number of sulfonamides is 1. The van der Waals surface area contributed by atoms with Crippen LogP contribution in [-0.4, -0.2) is 34.2 Å². The first-order valence-corrected chi connectivity index (χ1v) is 10.2. The summed E-state index contributed by atoms with van der Waals surface area (Å²) in [5.41, 5.74) is 0.980. The zero-order valence-corrected chi connectivity index (χ0v) is 16.2. The van der Waals surface area contributed by atoms with Gasteiger partial charge in [-0.1, -0.05) is 35.9 Å². The van der Waals surface area contributed by atoms with Gasteiger partial charge in [0.05, 0.1) is 29.8 Å². The Kier molecular flexibility index (Phi) is 6.88. The molecule has 2 aromatic carbocycles. The third-order valence-electron chi connectivity index (χ3n) is 3.67. The number of methoxy groups -OCH3 is 1. The first-order valence-electron chi connectivity index (χ1n) is 7.98. The van der Waals surface area contributed by atoms with Crippen LogP contribution in [0.25, 0.3) is 0 Å². The second-order valence-corrected chi connectivity index (χ2v) is 7.95. The van der Waals surface area contributed by atoms with Gasteiger partial charge in [-0.25, -0.2) is 8.42 Å². The van der Waals surface area contributed by atoms with E-state index < -0.39 is 10.0 Å². The fourth-order valence-electron chi connectivity index (χ4n) is 2.46. The zero-order chi connectivity index (χ0) is 19.2. The lowest BCUT2D eigenvalue weighted by molar-refractivity contribution is -0.116. The number of nitrogens with one attached hydrogen (secondary N) is 1. The van der Waals surface area contributed by atoms with E-state index in [1.54, 1.807) is 48.5 Å². The van der Waals surface area contributed by atoms with E-state index in [0.717, 1.165) is 6.26 Å². The number of nitrogens with zero attached hydrogens (tertiary/aromatic N) is 1. The largest absolute Gasteiger partial charge is 0.495 e. The molecule has 0 bridgehead atoms. The van der Waals surface area contributed by atoms with Gasteiger partial charge in [0, 0.05) is 13.0 Å². The van der Waals surface area contributed by atoms with Crippen molar-refractivity contribution in [2.45, 2.75) is 12.8 Å². The minimum absolute atomic E-state index is 0.159. The van der Waals surface area contributed by atoms with Crippen LogP contribution in [0, 0.1) is 0 Å². The number of carbonyl (C=O) groups excluding carboxylic acids is 1. The van der Waals surface area contributed by atoms with Crippen LogP contribution in [0.5, 0.6) is 5.75 Å². The van der Waals surface area contributed by atoms with E-state index in [2.05, 4.69) is 5.32 Å². The van der Waals surface area contributed by atoms with Crippen molar-refractivity contribution in [1.29, 1.82) is 0 Å². The van der Waals surface area contributed by atoms with Crippen LogP contribution in [0.15, 0.2) is 48.5 Å². The van der Waals surface area contributed by atoms with Crippen molar-refractivity contribution in [2.75, 3.05) is 29.5 Å². The summed E-state index contributed by atoms with van der Waals surface area (Å²) < 4.78 is 30.8. The Bertz CT molecular complexity index is 871. The monoisotopic (exact) mass is 396 g/mol. The fraction of sp³-hybridized carbons (Fsp3) is 0.278. The molecule has 0 aliphatic rings. The molecule has 1 N–H and O–H groups in total. The van der Waals surface area contributed by atoms with E-state index in [1.807, 2.05) is 0 Å². The van der Waals surface area contributed by atoms with Crippen LogP contribution in [-0.2, 0) is 14.8 Å². The standard InChI is InChI=1S/C18H21ClN2O4S/c1-25-17-11-6-5-10-16(17)21(26(2,23)24)13-7-12-18(22)20-15-9-4-3-8-14(15)19/h3-6,8-11H,7,12-13H2,1-2H3,(H,20,22). The highest BCUT2D eigenvalue weighted by Gasteiger charge is 2.20. The predicted octanol–water partition coefficient (Wildman–Crippen LogP) is 3.53. The van der Waals surface area contributed by atoms with Crippen LogP contribution in [0.2, 0.25) is 5.02 Å². The normalized spacial score (nSPS) is 11.0. The summed E-state index contributed by atoms with van der Waals surface area (Å²) in [4.78, 5) is 12.1. The first kappa shape index (κ1) is 20.1. The van der Waals surface area contributed by atoms with E-state index in [-0.39, 0.29) is 18.9 Å². The van der Waals surface area contributed by atoms with Crippen LogP contribution in [0.4, 0.5) is 11.4 Å². The molecule has 0 aromatic heterocycles. The molecule has 26 heavy (non-hydrogen) atoms. The molecule has 0 aliphatic heterocycles. The molecule has 0 spiro atoms. The molecular formula is C18H21ClN2O4S. The fourth-order valence-corrected chi connectivity index (χ4v) is 3.61. The molecule has 0 unspecified atom stereocenters. The quantitative estimate of drug-likeness (QED) is 0.740. The summed E-state index contributed by atoms with van der Waals surface area (Å²) in [6.07, 6.45) is 1.64. The number of para-hydroxylation sites is 3. The number of halogens is 1. The van der Waals surface area contributed by atoms with Gasteiger partial charge in [0.15, 0.2) is 0 Å². The lowest BCUT2D eigenvalue weighted by Gasteiger charge is -2.24. The second-order valence-electron chi connectivity index (χ2n) is 5.64. The molecule has 2 rings (SSSR count).